The highest BCUT2D eigenvalue weighted by Gasteiger charge is 2.38. The Labute approximate surface area is 164 Å². The molecular formula is C19H25Cl2N3O2. The van der Waals surface area contributed by atoms with Crippen molar-refractivity contribution in [3.63, 3.8) is 0 Å². The Bertz CT molecular complexity index is 712. The maximum Gasteiger partial charge on any atom is 0.253 e. The number of hydrogen-bond acceptors (Lipinski definition) is 3. The molecule has 7 heteroatoms. The van der Waals surface area contributed by atoms with Crippen molar-refractivity contribution in [3.8, 4) is 0 Å². The number of halogens is 2. The lowest BCUT2D eigenvalue weighted by molar-refractivity contribution is -0.136. The highest BCUT2D eigenvalue weighted by Crippen LogP contribution is 2.31. The second-order valence-electron chi connectivity index (χ2n) is 7.74. The van der Waals surface area contributed by atoms with Crippen LogP contribution in [0.25, 0.3) is 0 Å². The van der Waals surface area contributed by atoms with Gasteiger partial charge in [0.15, 0.2) is 0 Å². The van der Waals surface area contributed by atoms with Gasteiger partial charge in [0.1, 0.15) is 0 Å². The third kappa shape index (κ3) is 4.00. The van der Waals surface area contributed by atoms with E-state index in [0.717, 1.165) is 25.8 Å². The van der Waals surface area contributed by atoms with Crippen LogP contribution in [0.15, 0.2) is 18.2 Å². The van der Waals surface area contributed by atoms with Gasteiger partial charge in [-0.15, -0.1) is 0 Å². The van der Waals surface area contributed by atoms with E-state index < -0.39 is 0 Å². The van der Waals surface area contributed by atoms with Crippen molar-refractivity contribution in [2.45, 2.75) is 26.2 Å². The predicted octanol–water partition coefficient (Wildman–Crippen LogP) is 3.04. The molecule has 0 aromatic heterocycles. The fraction of sp³-hybridized carbons (Fsp3) is 0.579. The molecule has 2 atom stereocenters. The van der Waals surface area contributed by atoms with Crippen molar-refractivity contribution in [1.82, 2.24) is 9.80 Å². The average molecular weight is 398 g/mol. The van der Waals surface area contributed by atoms with Gasteiger partial charge in [0.25, 0.3) is 5.91 Å². The molecule has 2 N–H and O–H groups in total. The highest BCUT2D eigenvalue weighted by atomic mass is 35.5. The zero-order valence-corrected chi connectivity index (χ0v) is 16.5. The average Bonchev–Trinajstić information content (AvgIpc) is 3.06. The molecule has 1 aromatic carbocycles. The molecule has 2 unspecified atom stereocenters. The minimum atomic E-state index is -0.143. The molecule has 1 aromatic rings. The van der Waals surface area contributed by atoms with Crippen molar-refractivity contribution >= 4 is 35.0 Å². The van der Waals surface area contributed by atoms with E-state index in [1.165, 1.54) is 0 Å². The van der Waals surface area contributed by atoms with E-state index >= 15 is 0 Å². The molecule has 0 aliphatic carbocycles. The van der Waals surface area contributed by atoms with Crippen LogP contribution < -0.4 is 5.73 Å². The highest BCUT2D eigenvalue weighted by molar-refractivity contribution is 6.42. The third-order valence-corrected chi connectivity index (χ3v) is 6.33. The van der Waals surface area contributed by atoms with Crippen LogP contribution in [-0.4, -0.2) is 54.3 Å². The Morgan fingerprint density at radius 2 is 2.00 bits per heavy atom. The molecule has 0 radical (unpaired) electrons. The summed E-state index contributed by atoms with van der Waals surface area (Å²) in [6.07, 6.45) is 2.58. The van der Waals surface area contributed by atoms with E-state index in [0.29, 0.717) is 41.8 Å². The van der Waals surface area contributed by atoms with Crippen LogP contribution in [0.5, 0.6) is 0 Å². The molecular weight excluding hydrogens is 373 g/mol. The van der Waals surface area contributed by atoms with Crippen LogP contribution in [-0.2, 0) is 4.79 Å². The smallest absolute Gasteiger partial charge is 0.253 e. The summed E-state index contributed by atoms with van der Waals surface area (Å²) < 4.78 is 0. The second-order valence-corrected chi connectivity index (χ2v) is 8.56. The standard InChI is InChI=1S/C19H25Cl2N3O2/c1-19(11-22)6-8-24(12-19)18(26)14-3-2-7-23(10-14)17(25)13-4-5-15(20)16(21)9-13/h4-5,9,14H,2-3,6-8,10-12,22H2,1H3. The van der Waals surface area contributed by atoms with E-state index in [4.69, 9.17) is 28.9 Å². The van der Waals surface area contributed by atoms with Gasteiger partial charge in [-0.05, 0) is 49.4 Å². The van der Waals surface area contributed by atoms with Gasteiger partial charge in [-0.2, -0.15) is 0 Å². The molecule has 0 spiro atoms. The molecule has 0 saturated carbocycles. The third-order valence-electron chi connectivity index (χ3n) is 5.59. The number of carbonyl (C=O) groups excluding carboxylic acids is 2. The molecule has 2 saturated heterocycles. The monoisotopic (exact) mass is 397 g/mol. The van der Waals surface area contributed by atoms with Crippen molar-refractivity contribution in [2.75, 3.05) is 32.7 Å². The fourth-order valence-electron chi connectivity index (χ4n) is 3.81. The summed E-state index contributed by atoms with van der Waals surface area (Å²) in [5.41, 5.74) is 6.36. The first-order valence-corrected chi connectivity index (χ1v) is 9.82. The Balaban J connectivity index is 1.66. The van der Waals surface area contributed by atoms with Crippen LogP contribution >= 0.6 is 23.2 Å². The lowest BCUT2D eigenvalue weighted by Crippen LogP contribution is -2.46. The first kappa shape index (κ1) is 19.5. The van der Waals surface area contributed by atoms with Gasteiger partial charge in [0, 0.05) is 31.7 Å². The number of hydrogen-bond donors (Lipinski definition) is 1. The summed E-state index contributed by atoms with van der Waals surface area (Å²) >= 11 is 12.0. The molecule has 2 aliphatic heterocycles. The number of rotatable bonds is 3. The van der Waals surface area contributed by atoms with Gasteiger partial charge in [-0.25, -0.2) is 0 Å². The van der Waals surface area contributed by atoms with Crippen LogP contribution in [0.3, 0.4) is 0 Å². The van der Waals surface area contributed by atoms with Crippen molar-refractivity contribution in [3.05, 3.63) is 33.8 Å². The summed E-state index contributed by atoms with van der Waals surface area (Å²) in [5.74, 6) is -0.0984. The number of amides is 2. The maximum absolute atomic E-state index is 12.9. The number of carbonyl (C=O) groups is 2. The van der Waals surface area contributed by atoms with E-state index in [1.54, 1.807) is 23.1 Å². The summed E-state index contributed by atoms with van der Waals surface area (Å²) in [7, 11) is 0. The minimum Gasteiger partial charge on any atom is -0.342 e. The first-order valence-electron chi connectivity index (χ1n) is 9.06. The van der Waals surface area contributed by atoms with Gasteiger partial charge in [0.2, 0.25) is 5.91 Å². The summed E-state index contributed by atoms with van der Waals surface area (Å²) in [6.45, 7) is 5.28. The molecule has 2 fully saturated rings. The quantitative estimate of drug-likeness (QED) is 0.851. The van der Waals surface area contributed by atoms with Gasteiger partial charge in [-0.1, -0.05) is 30.1 Å². The van der Waals surface area contributed by atoms with Crippen LogP contribution in [0, 0.1) is 11.3 Å². The number of likely N-dealkylation sites (tertiary alicyclic amines) is 2. The summed E-state index contributed by atoms with van der Waals surface area (Å²) in [6, 6.07) is 4.89. The Morgan fingerprint density at radius 3 is 2.65 bits per heavy atom. The molecule has 0 bridgehead atoms. The van der Waals surface area contributed by atoms with Crippen molar-refractivity contribution in [2.24, 2.45) is 17.1 Å². The van der Waals surface area contributed by atoms with E-state index in [1.807, 2.05) is 4.90 Å². The number of piperidine rings is 1. The van der Waals surface area contributed by atoms with Crippen LogP contribution in [0.4, 0.5) is 0 Å². The lowest BCUT2D eigenvalue weighted by Gasteiger charge is -2.34. The normalized spacial score (nSPS) is 26.2. The van der Waals surface area contributed by atoms with E-state index in [9.17, 15) is 9.59 Å². The molecule has 2 heterocycles. The molecule has 2 aliphatic rings. The predicted molar refractivity (Wildman–Crippen MR) is 103 cm³/mol. The van der Waals surface area contributed by atoms with Gasteiger partial charge >= 0.3 is 0 Å². The zero-order chi connectivity index (χ0) is 18.9. The summed E-state index contributed by atoms with van der Waals surface area (Å²) in [5, 5.41) is 0.784. The molecule has 142 valence electrons. The van der Waals surface area contributed by atoms with Gasteiger partial charge in [0.05, 0.1) is 16.0 Å². The lowest BCUT2D eigenvalue weighted by atomic mass is 9.90. The van der Waals surface area contributed by atoms with Gasteiger partial charge < -0.3 is 15.5 Å². The molecule has 3 rings (SSSR count). The topological polar surface area (TPSA) is 66.6 Å². The Kier molecular flexibility index (Phi) is 5.80. The van der Waals surface area contributed by atoms with Crippen LogP contribution in [0.2, 0.25) is 10.0 Å². The minimum absolute atomic E-state index is 0.0138. The number of benzene rings is 1. The number of nitrogens with zero attached hydrogens (tertiary/aromatic N) is 2. The maximum atomic E-state index is 12.9. The molecule has 2 amide bonds. The Hall–Kier alpha value is -1.30. The number of nitrogens with two attached hydrogens (primary N) is 1. The SMILES string of the molecule is CC1(CN)CCN(C(=O)C2CCCN(C(=O)c3ccc(Cl)c(Cl)c3)C2)C1. The van der Waals surface area contributed by atoms with E-state index in [-0.39, 0.29) is 23.1 Å². The summed E-state index contributed by atoms with van der Waals surface area (Å²) in [4.78, 5) is 29.4. The second kappa shape index (κ2) is 7.75. The Morgan fingerprint density at radius 1 is 1.23 bits per heavy atom. The molecule has 26 heavy (non-hydrogen) atoms. The van der Waals surface area contributed by atoms with Crippen molar-refractivity contribution < 1.29 is 9.59 Å². The van der Waals surface area contributed by atoms with Gasteiger partial charge in [-0.3, -0.25) is 9.59 Å². The largest absolute Gasteiger partial charge is 0.342 e. The van der Waals surface area contributed by atoms with E-state index in [2.05, 4.69) is 6.92 Å². The zero-order valence-electron chi connectivity index (χ0n) is 15.0. The first-order chi connectivity index (χ1) is 12.3. The van der Waals surface area contributed by atoms with Crippen molar-refractivity contribution in [1.29, 1.82) is 0 Å². The fourth-order valence-corrected chi connectivity index (χ4v) is 4.11. The molecule has 5 nitrogen and oxygen atoms in total. The van der Waals surface area contributed by atoms with Crippen LogP contribution in [0.1, 0.15) is 36.5 Å².